The van der Waals surface area contributed by atoms with Crippen molar-refractivity contribution in [2.45, 2.75) is 0 Å². The van der Waals surface area contributed by atoms with E-state index in [0.717, 1.165) is 19.7 Å². The number of carbonyl (C=O) groups is 2. The van der Waals surface area contributed by atoms with Gasteiger partial charge in [-0.15, -0.1) is 11.3 Å². The zero-order chi connectivity index (χ0) is 20.1. The van der Waals surface area contributed by atoms with Crippen LogP contribution in [0.4, 0.5) is 0 Å². The van der Waals surface area contributed by atoms with Crippen molar-refractivity contribution in [1.29, 1.82) is 0 Å². The molecule has 144 valence electrons. The lowest BCUT2D eigenvalue weighted by Crippen LogP contribution is -2.49. The highest BCUT2D eigenvalue weighted by Gasteiger charge is 2.11. The minimum absolute atomic E-state index is 0.00999. The minimum Gasteiger partial charge on any atom is -0.483 e. The number of hydrogen-bond donors (Lipinski definition) is 3. The highest BCUT2D eigenvalue weighted by Crippen LogP contribution is 2.34. The van der Waals surface area contributed by atoms with Gasteiger partial charge in [-0.2, -0.15) is 0 Å². The van der Waals surface area contributed by atoms with E-state index in [2.05, 4.69) is 48.0 Å². The molecule has 3 N–H and O–H groups in total. The van der Waals surface area contributed by atoms with Crippen LogP contribution in [0.25, 0.3) is 10.8 Å². The lowest BCUT2D eigenvalue weighted by molar-refractivity contribution is -0.123. The number of rotatable bonds is 4. The molecule has 0 spiro atoms. The number of hydrogen-bond acceptors (Lipinski definition) is 5. The van der Waals surface area contributed by atoms with Gasteiger partial charge in [0.15, 0.2) is 11.7 Å². The van der Waals surface area contributed by atoms with E-state index in [1.54, 1.807) is 23.6 Å². The van der Waals surface area contributed by atoms with Crippen LogP contribution >= 0.6 is 55.4 Å². The lowest BCUT2D eigenvalue weighted by Gasteiger charge is -2.12. The van der Waals surface area contributed by atoms with Gasteiger partial charge in [0.2, 0.25) is 0 Å². The minimum atomic E-state index is -0.449. The highest BCUT2D eigenvalue weighted by atomic mass is 79.9. The first-order valence-corrected chi connectivity index (χ1v) is 10.8. The van der Waals surface area contributed by atoms with Gasteiger partial charge in [0.05, 0.1) is 9.35 Å². The maximum Gasteiger partial charge on any atom is 0.276 e. The Hall–Kier alpha value is -2.01. The van der Waals surface area contributed by atoms with Gasteiger partial charge < -0.3 is 4.74 Å². The van der Waals surface area contributed by atoms with E-state index in [4.69, 9.17) is 17.0 Å². The van der Waals surface area contributed by atoms with Crippen molar-refractivity contribution < 1.29 is 14.3 Å². The van der Waals surface area contributed by atoms with Gasteiger partial charge >= 0.3 is 0 Å². The topological polar surface area (TPSA) is 79.5 Å². The van der Waals surface area contributed by atoms with Crippen LogP contribution in [0, 0.1) is 0 Å². The Balaban J connectivity index is 1.50. The lowest BCUT2D eigenvalue weighted by atomic mass is 10.1. The molecule has 0 saturated carbocycles. The molecule has 0 aliphatic heterocycles. The first-order chi connectivity index (χ1) is 13.4. The van der Waals surface area contributed by atoms with Crippen molar-refractivity contribution in [3.05, 3.63) is 61.7 Å². The van der Waals surface area contributed by atoms with Crippen molar-refractivity contribution in [2.75, 3.05) is 6.61 Å². The summed E-state index contributed by atoms with van der Waals surface area (Å²) in [6, 6.07) is 13.0. The van der Waals surface area contributed by atoms with E-state index in [0.29, 0.717) is 10.6 Å². The highest BCUT2D eigenvalue weighted by molar-refractivity contribution is 9.11. The maximum absolute atomic E-state index is 12.0. The number of ether oxygens (including phenoxy) is 1. The molecule has 2 amide bonds. The molecule has 28 heavy (non-hydrogen) atoms. The summed E-state index contributed by atoms with van der Waals surface area (Å²) in [6.45, 7) is -0.227. The summed E-state index contributed by atoms with van der Waals surface area (Å²) >= 11 is 13.2. The fraction of sp³-hybridized carbons (Fsp3) is 0.0556. The Kier molecular flexibility index (Phi) is 7.00. The number of thiocarbonyl (C=S) groups is 1. The average Bonchev–Trinajstić information content (AvgIpc) is 3.20. The van der Waals surface area contributed by atoms with E-state index < -0.39 is 5.91 Å². The average molecular weight is 543 g/mol. The first kappa shape index (κ1) is 20.7. The summed E-state index contributed by atoms with van der Waals surface area (Å²) in [5, 5.41) is 6.25. The third kappa shape index (κ3) is 5.28. The number of hydrazine groups is 1. The molecule has 1 aromatic heterocycles. The van der Waals surface area contributed by atoms with Crippen LogP contribution in [0.3, 0.4) is 0 Å². The molecule has 0 unspecified atom stereocenters. The van der Waals surface area contributed by atoms with Crippen LogP contribution in [-0.2, 0) is 4.79 Å². The Morgan fingerprint density at radius 2 is 1.93 bits per heavy atom. The molecule has 10 heteroatoms. The van der Waals surface area contributed by atoms with Gasteiger partial charge in [-0.1, -0.05) is 34.1 Å². The fourth-order valence-electron chi connectivity index (χ4n) is 2.26. The van der Waals surface area contributed by atoms with Gasteiger partial charge in [-0.05, 0) is 68.6 Å². The monoisotopic (exact) mass is 541 g/mol. The Morgan fingerprint density at radius 1 is 1.11 bits per heavy atom. The maximum atomic E-state index is 12.0. The summed E-state index contributed by atoms with van der Waals surface area (Å²) < 4.78 is 7.31. The van der Waals surface area contributed by atoms with Crippen LogP contribution in [0.2, 0.25) is 0 Å². The van der Waals surface area contributed by atoms with Crippen LogP contribution in [0.5, 0.6) is 5.75 Å². The summed E-state index contributed by atoms with van der Waals surface area (Å²) in [5.74, 6) is -0.251. The van der Waals surface area contributed by atoms with Crippen LogP contribution in [0.15, 0.2) is 56.8 Å². The molecule has 0 aliphatic rings. The summed E-state index contributed by atoms with van der Waals surface area (Å²) in [7, 11) is 0. The van der Waals surface area contributed by atoms with Crippen molar-refractivity contribution >= 4 is 83.1 Å². The van der Waals surface area contributed by atoms with Gasteiger partial charge in [0, 0.05) is 4.47 Å². The largest absolute Gasteiger partial charge is 0.483 e. The smallest absolute Gasteiger partial charge is 0.276 e. The zero-order valence-corrected chi connectivity index (χ0v) is 18.9. The number of carbonyl (C=O) groups excluding carboxylic acids is 2. The van der Waals surface area contributed by atoms with E-state index >= 15 is 0 Å². The number of fused-ring (bicyclic) bond motifs is 1. The third-order valence-electron chi connectivity index (χ3n) is 3.53. The van der Waals surface area contributed by atoms with Crippen LogP contribution < -0.4 is 20.9 Å². The second kappa shape index (κ2) is 9.46. The molecule has 3 aromatic rings. The van der Waals surface area contributed by atoms with Crippen LogP contribution in [0.1, 0.15) is 9.67 Å². The molecule has 0 aliphatic carbocycles. The molecule has 0 atom stereocenters. The van der Waals surface area contributed by atoms with Gasteiger partial charge in [-0.3, -0.25) is 25.8 Å². The molecule has 6 nitrogen and oxygen atoms in total. The van der Waals surface area contributed by atoms with Gasteiger partial charge in [0.1, 0.15) is 5.75 Å². The van der Waals surface area contributed by atoms with E-state index in [1.165, 1.54) is 11.3 Å². The van der Waals surface area contributed by atoms with Crippen molar-refractivity contribution in [1.82, 2.24) is 16.2 Å². The Labute approximate surface area is 186 Å². The molecular weight excluding hydrogens is 530 g/mol. The standard InChI is InChI=1S/C18H13Br2N3O3S2/c19-11-4-5-12-10(8-11)3-6-13(16(12)20)26-9-15(24)22-23-18(27)21-17(25)14-2-1-7-28-14/h1-8H,9H2,(H,22,24)(H2,21,23,25,27). The second-order valence-electron chi connectivity index (χ2n) is 5.47. The van der Waals surface area contributed by atoms with Crippen LogP contribution in [-0.4, -0.2) is 23.5 Å². The molecule has 3 rings (SSSR count). The van der Waals surface area contributed by atoms with Gasteiger partial charge in [0.25, 0.3) is 11.8 Å². The normalized spacial score (nSPS) is 10.4. The molecule has 2 aromatic carbocycles. The predicted octanol–water partition coefficient (Wildman–Crippen LogP) is 4.14. The zero-order valence-electron chi connectivity index (χ0n) is 14.1. The van der Waals surface area contributed by atoms with Crippen molar-refractivity contribution in [3.63, 3.8) is 0 Å². The van der Waals surface area contributed by atoms with Gasteiger partial charge in [-0.25, -0.2) is 0 Å². The summed E-state index contributed by atoms with van der Waals surface area (Å²) in [4.78, 5) is 24.3. The predicted molar refractivity (Wildman–Crippen MR) is 121 cm³/mol. The SMILES string of the molecule is O=C(COc1ccc2cc(Br)ccc2c1Br)NNC(=S)NC(=O)c1cccs1. The van der Waals surface area contributed by atoms with E-state index in [9.17, 15) is 9.59 Å². The van der Waals surface area contributed by atoms with E-state index in [1.807, 2.05) is 24.3 Å². The van der Waals surface area contributed by atoms with Crippen molar-refractivity contribution in [2.24, 2.45) is 0 Å². The quantitative estimate of drug-likeness (QED) is 0.341. The first-order valence-electron chi connectivity index (χ1n) is 7.88. The Bertz CT molecular complexity index is 1040. The Morgan fingerprint density at radius 3 is 2.68 bits per heavy atom. The number of halogens is 2. The number of nitrogens with one attached hydrogen (secondary N) is 3. The molecule has 0 bridgehead atoms. The van der Waals surface area contributed by atoms with Crippen molar-refractivity contribution in [3.8, 4) is 5.75 Å². The summed E-state index contributed by atoms with van der Waals surface area (Å²) in [6.07, 6.45) is 0. The molecule has 0 fully saturated rings. The molecule has 0 saturated heterocycles. The third-order valence-corrected chi connectivity index (χ3v) is 5.91. The second-order valence-corrected chi connectivity index (χ2v) is 8.53. The molecule has 0 radical (unpaired) electrons. The number of benzene rings is 2. The fourth-order valence-corrected chi connectivity index (χ4v) is 4.01. The summed E-state index contributed by atoms with van der Waals surface area (Å²) in [5.41, 5.74) is 4.85. The molecular formula is C18H13Br2N3O3S2. The van der Waals surface area contributed by atoms with E-state index in [-0.39, 0.29) is 17.6 Å². The number of thiophene rings is 1. The molecule has 1 heterocycles. The number of amides is 2.